The number of hydrogen-bond acceptors (Lipinski definition) is 5. The molecule has 0 radical (unpaired) electrons. The van der Waals surface area contributed by atoms with Crippen molar-refractivity contribution in [2.75, 3.05) is 33.4 Å². The summed E-state index contributed by atoms with van der Waals surface area (Å²) in [6.07, 6.45) is 4.35. The number of sulfonamides is 1. The summed E-state index contributed by atoms with van der Waals surface area (Å²) in [5.41, 5.74) is 0.273. The molecule has 2 bridgehead atoms. The van der Waals surface area contributed by atoms with Gasteiger partial charge in [0.25, 0.3) is 5.91 Å². The van der Waals surface area contributed by atoms with Crippen molar-refractivity contribution in [3.8, 4) is 5.75 Å². The Morgan fingerprint density at radius 1 is 1.22 bits per heavy atom. The van der Waals surface area contributed by atoms with Gasteiger partial charge in [-0.3, -0.25) is 4.79 Å². The summed E-state index contributed by atoms with van der Waals surface area (Å²) < 4.78 is 39.3. The standard InChI is InChI=1S/C19H26N2O5S/c1-25-18-5-4-15(12-16(18)19(22)21-6-8-26-9-7-21)27(23,24)20-17-11-13-2-3-14(17)10-13/h4-5,12-14,17,20H,2-3,6-11H2,1H3/t13-,14+,17-/m0/s1. The number of carbonyl (C=O) groups is 1. The first-order valence-corrected chi connectivity index (χ1v) is 11.0. The van der Waals surface area contributed by atoms with E-state index in [4.69, 9.17) is 9.47 Å². The molecule has 8 heteroatoms. The van der Waals surface area contributed by atoms with Gasteiger partial charge < -0.3 is 14.4 Å². The van der Waals surface area contributed by atoms with Gasteiger partial charge in [-0.15, -0.1) is 0 Å². The molecule has 2 aliphatic carbocycles. The molecule has 7 nitrogen and oxygen atoms in total. The van der Waals surface area contributed by atoms with Crippen molar-refractivity contribution in [1.29, 1.82) is 0 Å². The minimum atomic E-state index is -3.68. The number of methoxy groups -OCH3 is 1. The second-order valence-corrected chi connectivity index (χ2v) is 9.38. The van der Waals surface area contributed by atoms with Gasteiger partial charge in [0, 0.05) is 19.1 Å². The molecular weight excluding hydrogens is 368 g/mol. The fraction of sp³-hybridized carbons (Fsp3) is 0.632. The van der Waals surface area contributed by atoms with Crippen LogP contribution in [0.25, 0.3) is 0 Å². The number of nitrogens with zero attached hydrogens (tertiary/aromatic N) is 1. The molecule has 1 amide bonds. The summed E-state index contributed by atoms with van der Waals surface area (Å²) in [4.78, 5) is 14.7. The second kappa shape index (κ2) is 7.41. The van der Waals surface area contributed by atoms with E-state index in [9.17, 15) is 13.2 Å². The Morgan fingerprint density at radius 3 is 2.63 bits per heavy atom. The molecule has 0 spiro atoms. The summed E-state index contributed by atoms with van der Waals surface area (Å²) in [7, 11) is -2.20. The number of carbonyl (C=O) groups excluding carboxylic acids is 1. The van der Waals surface area contributed by atoms with Crippen LogP contribution in [0.2, 0.25) is 0 Å². The van der Waals surface area contributed by atoms with E-state index >= 15 is 0 Å². The third-order valence-corrected chi connectivity index (χ3v) is 7.54. The lowest BCUT2D eigenvalue weighted by molar-refractivity contribution is 0.0300. The van der Waals surface area contributed by atoms with Crippen LogP contribution in [0, 0.1) is 11.8 Å². The van der Waals surface area contributed by atoms with E-state index in [1.165, 1.54) is 25.7 Å². The highest BCUT2D eigenvalue weighted by molar-refractivity contribution is 7.89. The highest BCUT2D eigenvalue weighted by Gasteiger charge is 2.41. The molecule has 3 aliphatic rings. The van der Waals surface area contributed by atoms with Gasteiger partial charge >= 0.3 is 0 Å². The van der Waals surface area contributed by atoms with Crippen molar-refractivity contribution >= 4 is 15.9 Å². The average Bonchev–Trinajstić information content (AvgIpc) is 3.30. The quantitative estimate of drug-likeness (QED) is 0.821. The summed E-state index contributed by atoms with van der Waals surface area (Å²) in [5.74, 6) is 1.24. The fourth-order valence-electron chi connectivity index (χ4n) is 4.61. The molecule has 0 aromatic heterocycles. The Hall–Kier alpha value is -1.64. The van der Waals surface area contributed by atoms with Crippen LogP contribution in [-0.2, 0) is 14.8 Å². The first-order chi connectivity index (χ1) is 13.0. The maximum Gasteiger partial charge on any atom is 0.257 e. The van der Waals surface area contributed by atoms with Crippen molar-refractivity contribution in [2.45, 2.75) is 36.6 Å². The number of fused-ring (bicyclic) bond motifs is 2. The van der Waals surface area contributed by atoms with Gasteiger partial charge in [-0.2, -0.15) is 0 Å². The molecule has 27 heavy (non-hydrogen) atoms. The van der Waals surface area contributed by atoms with E-state index in [0.717, 1.165) is 19.3 Å². The van der Waals surface area contributed by atoms with Crippen LogP contribution >= 0.6 is 0 Å². The summed E-state index contributed by atoms with van der Waals surface area (Å²) >= 11 is 0. The normalized spacial score (nSPS) is 27.7. The fourth-order valence-corrected chi connectivity index (χ4v) is 5.96. The van der Waals surface area contributed by atoms with Crippen molar-refractivity contribution < 1.29 is 22.7 Å². The van der Waals surface area contributed by atoms with Gasteiger partial charge in [0.15, 0.2) is 0 Å². The number of morpholine rings is 1. The van der Waals surface area contributed by atoms with Crippen LogP contribution in [0.15, 0.2) is 23.1 Å². The average molecular weight is 394 g/mol. The molecule has 1 heterocycles. The monoisotopic (exact) mass is 394 g/mol. The summed E-state index contributed by atoms with van der Waals surface area (Å²) in [6, 6.07) is 4.51. The number of rotatable bonds is 5. The van der Waals surface area contributed by atoms with Crippen LogP contribution in [0.4, 0.5) is 0 Å². The van der Waals surface area contributed by atoms with Crippen LogP contribution in [-0.4, -0.2) is 58.7 Å². The smallest absolute Gasteiger partial charge is 0.257 e. The Labute approximate surface area is 160 Å². The largest absolute Gasteiger partial charge is 0.496 e. The Kier molecular flexibility index (Phi) is 5.13. The molecule has 1 aliphatic heterocycles. The van der Waals surface area contributed by atoms with Gasteiger partial charge in [-0.1, -0.05) is 6.42 Å². The molecule has 4 rings (SSSR count). The zero-order chi connectivity index (χ0) is 19.0. The van der Waals surface area contributed by atoms with Crippen LogP contribution in [0.5, 0.6) is 5.75 Å². The number of nitrogens with one attached hydrogen (secondary N) is 1. The van der Waals surface area contributed by atoms with Crippen molar-refractivity contribution in [3.05, 3.63) is 23.8 Å². The van der Waals surface area contributed by atoms with E-state index in [1.807, 2.05) is 0 Å². The summed E-state index contributed by atoms with van der Waals surface area (Å²) in [5, 5.41) is 0. The predicted molar refractivity (Wildman–Crippen MR) is 99.3 cm³/mol. The molecule has 1 aromatic carbocycles. The lowest BCUT2D eigenvalue weighted by Crippen LogP contribution is -2.41. The van der Waals surface area contributed by atoms with Gasteiger partial charge in [0.05, 0.1) is 30.8 Å². The molecule has 148 valence electrons. The molecular formula is C19H26N2O5S. The first kappa shape index (κ1) is 18.7. The summed E-state index contributed by atoms with van der Waals surface area (Å²) in [6.45, 7) is 1.94. The van der Waals surface area contributed by atoms with Crippen molar-refractivity contribution in [2.24, 2.45) is 11.8 Å². The predicted octanol–water partition coefficient (Wildman–Crippen LogP) is 1.63. The Morgan fingerprint density at radius 2 is 2.00 bits per heavy atom. The van der Waals surface area contributed by atoms with Gasteiger partial charge in [0.2, 0.25) is 10.0 Å². The van der Waals surface area contributed by atoms with Crippen molar-refractivity contribution in [3.63, 3.8) is 0 Å². The Bertz CT molecular complexity index is 819. The molecule has 2 saturated carbocycles. The van der Waals surface area contributed by atoms with E-state index in [2.05, 4.69) is 4.72 Å². The number of amides is 1. The van der Waals surface area contributed by atoms with Crippen LogP contribution in [0.1, 0.15) is 36.0 Å². The second-order valence-electron chi connectivity index (χ2n) is 7.67. The maximum absolute atomic E-state index is 12.9. The third-order valence-electron chi connectivity index (χ3n) is 6.05. The van der Waals surface area contributed by atoms with E-state index in [1.54, 1.807) is 11.0 Å². The topological polar surface area (TPSA) is 84.9 Å². The maximum atomic E-state index is 12.9. The van der Waals surface area contributed by atoms with Gasteiger partial charge in [-0.25, -0.2) is 13.1 Å². The Balaban J connectivity index is 1.58. The van der Waals surface area contributed by atoms with E-state index < -0.39 is 10.0 Å². The zero-order valence-corrected chi connectivity index (χ0v) is 16.3. The third kappa shape index (κ3) is 3.70. The lowest BCUT2D eigenvalue weighted by Gasteiger charge is -2.27. The van der Waals surface area contributed by atoms with Gasteiger partial charge in [-0.05, 0) is 49.3 Å². The molecule has 3 atom stereocenters. The highest BCUT2D eigenvalue weighted by Crippen LogP contribution is 2.44. The van der Waals surface area contributed by atoms with Crippen LogP contribution in [0.3, 0.4) is 0 Å². The molecule has 1 aromatic rings. The number of benzene rings is 1. The molecule has 3 fully saturated rings. The number of ether oxygens (including phenoxy) is 2. The van der Waals surface area contributed by atoms with E-state index in [0.29, 0.717) is 43.9 Å². The first-order valence-electron chi connectivity index (χ1n) is 9.55. The van der Waals surface area contributed by atoms with Crippen molar-refractivity contribution in [1.82, 2.24) is 9.62 Å². The minimum Gasteiger partial charge on any atom is -0.496 e. The molecule has 1 saturated heterocycles. The zero-order valence-electron chi connectivity index (χ0n) is 15.5. The highest BCUT2D eigenvalue weighted by atomic mass is 32.2. The van der Waals surface area contributed by atoms with Gasteiger partial charge in [0.1, 0.15) is 5.75 Å². The molecule has 1 N–H and O–H groups in total. The minimum absolute atomic E-state index is 0.00856. The van der Waals surface area contributed by atoms with Crippen LogP contribution < -0.4 is 9.46 Å². The SMILES string of the molecule is COc1ccc(S(=O)(=O)N[C@H]2C[C@H]3CC[C@@H]2C3)cc1C(=O)N1CCOCC1. The lowest BCUT2D eigenvalue weighted by atomic mass is 9.96. The molecule has 0 unspecified atom stereocenters. The van der Waals surface area contributed by atoms with E-state index in [-0.39, 0.29) is 22.4 Å². The number of hydrogen-bond donors (Lipinski definition) is 1.